The zero-order chi connectivity index (χ0) is 20.9. The van der Waals surface area contributed by atoms with Gasteiger partial charge in [-0.05, 0) is 24.3 Å². The number of benzene rings is 1. The van der Waals surface area contributed by atoms with Crippen molar-refractivity contribution in [3.63, 3.8) is 0 Å². The second kappa shape index (κ2) is 9.00. The molecule has 1 aromatic carbocycles. The Bertz CT molecular complexity index is 1000. The number of carbonyl (C=O) groups excluding carboxylic acids is 1. The Kier molecular flexibility index (Phi) is 5.99. The highest BCUT2D eigenvalue weighted by atomic mass is 32.1. The van der Waals surface area contributed by atoms with Crippen LogP contribution in [0.15, 0.2) is 48.0 Å². The van der Waals surface area contributed by atoms with Crippen molar-refractivity contribution in [3.8, 4) is 11.5 Å². The minimum atomic E-state index is -0.0540. The summed E-state index contributed by atoms with van der Waals surface area (Å²) in [4.78, 5) is 25.8. The molecule has 0 aliphatic carbocycles. The van der Waals surface area contributed by atoms with Gasteiger partial charge in [0.25, 0.3) is 5.91 Å². The van der Waals surface area contributed by atoms with E-state index in [0.29, 0.717) is 35.4 Å². The third kappa shape index (κ3) is 4.30. The smallest absolute Gasteiger partial charge is 0.273 e. The first-order chi connectivity index (χ1) is 14.7. The first kappa shape index (κ1) is 20.0. The highest BCUT2D eigenvalue weighted by Gasteiger charge is 2.24. The second-order valence-corrected chi connectivity index (χ2v) is 7.55. The number of hydrogen-bond acceptors (Lipinski definition) is 8. The lowest BCUT2D eigenvalue weighted by molar-refractivity contribution is 0.0741. The Balaban J connectivity index is 1.39. The maximum Gasteiger partial charge on any atom is 0.273 e. The lowest BCUT2D eigenvalue weighted by Crippen LogP contribution is -2.49. The van der Waals surface area contributed by atoms with Crippen LogP contribution in [0.25, 0.3) is 0 Å². The minimum absolute atomic E-state index is 0.0540. The third-order valence-electron chi connectivity index (χ3n) is 4.91. The van der Waals surface area contributed by atoms with Gasteiger partial charge >= 0.3 is 0 Å². The highest BCUT2D eigenvalue weighted by Crippen LogP contribution is 2.32. The van der Waals surface area contributed by atoms with Gasteiger partial charge in [0.1, 0.15) is 23.0 Å². The molecule has 1 aliphatic heterocycles. The number of methoxy groups -OCH3 is 2. The maximum atomic E-state index is 12.9. The third-order valence-corrected chi connectivity index (χ3v) is 5.67. The van der Waals surface area contributed by atoms with Gasteiger partial charge in [0.05, 0.1) is 19.9 Å². The van der Waals surface area contributed by atoms with Gasteiger partial charge in [-0.2, -0.15) is 0 Å². The lowest BCUT2D eigenvalue weighted by atomic mass is 10.2. The first-order valence-corrected chi connectivity index (χ1v) is 10.5. The number of nitrogens with one attached hydrogen (secondary N) is 1. The summed E-state index contributed by atoms with van der Waals surface area (Å²) < 4.78 is 10.6. The predicted molar refractivity (Wildman–Crippen MR) is 117 cm³/mol. The van der Waals surface area contributed by atoms with E-state index >= 15 is 0 Å². The molecule has 1 aliphatic rings. The van der Waals surface area contributed by atoms with Crippen LogP contribution in [0, 0.1) is 0 Å². The molecule has 1 amide bonds. The number of pyridine rings is 1. The first-order valence-electron chi connectivity index (χ1n) is 9.58. The van der Waals surface area contributed by atoms with Crippen molar-refractivity contribution in [2.24, 2.45) is 0 Å². The summed E-state index contributed by atoms with van der Waals surface area (Å²) in [5.41, 5.74) is 1.21. The van der Waals surface area contributed by atoms with Crippen LogP contribution in [-0.4, -0.2) is 61.2 Å². The molecule has 8 nitrogen and oxygen atoms in total. The number of aromatic nitrogens is 2. The molecule has 1 saturated heterocycles. The van der Waals surface area contributed by atoms with Crippen LogP contribution in [-0.2, 0) is 0 Å². The monoisotopic (exact) mass is 425 g/mol. The van der Waals surface area contributed by atoms with Gasteiger partial charge < -0.3 is 24.6 Å². The summed E-state index contributed by atoms with van der Waals surface area (Å²) >= 11 is 1.39. The number of thiazole rings is 1. The molecule has 2 aromatic heterocycles. The number of rotatable bonds is 6. The van der Waals surface area contributed by atoms with E-state index in [0.717, 1.165) is 24.6 Å². The Hall–Kier alpha value is -3.33. The topological polar surface area (TPSA) is 79.8 Å². The van der Waals surface area contributed by atoms with Crippen molar-refractivity contribution in [1.82, 2.24) is 14.9 Å². The summed E-state index contributed by atoms with van der Waals surface area (Å²) in [7, 11) is 3.21. The summed E-state index contributed by atoms with van der Waals surface area (Å²) in [5, 5.41) is 5.64. The fraction of sp³-hybridized carbons (Fsp3) is 0.286. The van der Waals surface area contributed by atoms with Crippen LogP contribution in [0.2, 0.25) is 0 Å². The van der Waals surface area contributed by atoms with Gasteiger partial charge in [0.15, 0.2) is 5.13 Å². The van der Waals surface area contributed by atoms with E-state index in [4.69, 9.17) is 9.47 Å². The molecular weight excluding hydrogens is 402 g/mol. The number of anilines is 3. The van der Waals surface area contributed by atoms with Crippen LogP contribution >= 0.6 is 11.3 Å². The quantitative estimate of drug-likeness (QED) is 0.649. The van der Waals surface area contributed by atoms with Gasteiger partial charge in [-0.15, -0.1) is 11.3 Å². The molecule has 156 valence electrons. The summed E-state index contributed by atoms with van der Waals surface area (Å²) in [6, 6.07) is 11.4. The van der Waals surface area contributed by atoms with E-state index in [9.17, 15) is 4.79 Å². The van der Waals surface area contributed by atoms with Crippen LogP contribution in [0.4, 0.5) is 16.6 Å². The predicted octanol–water partition coefficient (Wildman–Crippen LogP) is 3.26. The van der Waals surface area contributed by atoms with Crippen LogP contribution < -0.4 is 19.7 Å². The number of hydrogen-bond donors (Lipinski definition) is 1. The van der Waals surface area contributed by atoms with Crippen molar-refractivity contribution < 1.29 is 14.3 Å². The number of ether oxygens (including phenoxy) is 2. The molecule has 30 heavy (non-hydrogen) atoms. The standard InChI is InChI=1S/C21H23N5O3S/c1-28-15-6-7-16(18(13-15)29-2)23-21-24-17(14-30-21)20(27)26-11-9-25(10-12-26)19-5-3-4-8-22-19/h3-8,13-14H,9-12H2,1-2H3,(H,23,24). The summed E-state index contributed by atoms with van der Waals surface area (Å²) in [5.74, 6) is 2.24. The van der Waals surface area contributed by atoms with Crippen molar-refractivity contribution in [2.75, 3.05) is 50.6 Å². The van der Waals surface area contributed by atoms with Gasteiger partial charge in [-0.1, -0.05) is 6.07 Å². The number of piperazine rings is 1. The fourth-order valence-corrected chi connectivity index (χ4v) is 3.98. The van der Waals surface area contributed by atoms with E-state index in [1.165, 1.54) is 11.3 Å². The molecule has 0 saturated carbocycles. The van der Waals surface area contributed by atoms with Crippen molar-refractivity contribution >= 4 is 33.9 Å². The van der Waals surface area contributed by atoms with Crippen LogP contribution in [0.3, 0.4) is 0 Å². The SMILES string of the molecule is COc1ccc(Nc2nc(C(=O)N3CCN(c4ccccn4)CC3)cs2)c(OC)c1. The average molecular weight is 426 g/mol. The van der Waals surface area contributed by atoms with E-state index < -0.39 is 0 Å². The Labute approximate surface area is 179 Å². The summed E-state index contributed by atoms with van der Waals surface area (Å²) in [6.07, 6.45) is 1.79. The molecule has 3 heterocycles. The molecule has 0 spiro atoms. The number of carbonyl (C=O) groups is 1. The lowest BCUT2D eigenvalue weighted by Gasteiger charge is -2.35. The molecule has 3 aromatic rings. The molecular formula is C21H23N5O3S. The molecule has 0 bridgehead atoms. The fourth-order valence-electron chi connectivity index (χ4n) is 3.29. The molecule has 0 unspecified atom stereocenters. The van der Waals surface area contributed by atoms with E-state index in [-0.39, 0.29) is 5.91 Å². The van der Waals surface area contributed by atoms with Gasteiger partial charge in [-0.25, -0.2) is 9.97 Å². The number of nitrogens with zero attached hydrogens (tertiary/aromatic N) is 4. The van der Waals surface area contributed by atoms with Crippen molar-refractivity contribution in [3.05, 3.63) is 53.7 Å². The highest BCUT2D eigenvalue weighted by molar-refractivity contribution is 7.14. The maximum absolute atomic E-state index is 12.9. The second-order valence-electron chi connectivity index (χ2n) is 6.70. The molecule has 0 radical (unpaired) electrons. The van der Waals surface area contributed by atoms with E-state index in [2.05, 4.69) is 20.2 Å². The van der Waals surface area contributed by atoms with Gasteiger partial charge in [-0.3, -0.25) is 4.79 Å². The Morgan fingerprint density at radius 2 is 1.93 bits per heavy atom. The summed E-state index contributed by atoms with van der Waals surface area (Å²) in [6.45, 7) is 2.78. The van der Waals surface area contributed by atoms with Gasteiger partial charge in [0.2, 0.25) is 0 Å². The zero-order valence-corrected chi connectivity index (χ0v) is 17.7. The Morgan fingerprint density at radius 3 is 2.63 bits per heavy atom. The van der Waals surface area contributed by atoms with E-state index in [1.54, 1.807) is 31.9 Å². The normalized spacial score (nSPS) is 13.8. The van der Waals surface area contributed by atoms with Crippen LogP contribution in [0.5, 0.6) is 11.5 Å². The largest absolute Gasteiger partial charge is 0.497 e. The Morgan fingerprint density at radius 1 is 1.10 bits per heavy atom. The zero-order valence-electron chi connectivity index (χ0n) is 16.9. The average Bonchev–Trinajstić information content (AvgIpc) is 3.28. The molecule has 9 heteroatoms. The molecule has 1 N–H and O–H groups in total. The van der Waals surface area contributed by atoms with Crippen molar-refractivity contribution in [2.45, 2.75) is 0 Å². The molecule has 0 atom stereocenters. The van der Waals surface area contributed by atoms with E-state index in [1.807, 2.05) is 35.2 Å². The molecule has 4 rings (SSSR count). The molecule has 1 fully saturated rings. The number of amides is 1. The van der Waals surface area contributed by atoms with Crippen LogP contribution in [0.1, 0.15) is 10.5 Å². The van der Waals surface area contributed by atoms with Crippen molar-refractivity contribution in [1.29, 1.82) is 0 Å². The minimum Gasteiger partial charge on any atom is -0.497 e. The van der Waals surface area contributed by atoms with Gasteiger partial charge in [0, 0.05) is 43.8 Å².